The number of H-pyrrole nitrogens is 1. The molecule has 0 saturated carbocycles. The monoisotopic (exact) mass is 500 g/mol. The second-order valence-electron chi connectivity index (χ2n) is 10.8. The lowest BCUT2D eigenvalue weighted by atomic mass is 9.76. The van der Waals surface area contributed by atoms with E-state index in [0.717, 1.165) is 36.5 Å². The van der Waals surface area contributed by atoms with Gasteiger partial charge in [-0.2, -0.15) is 14.9 Å². The van der Waals surface area contributed by atoms with Gasteiger partial charge in [-0.15, -0.1) is 0 Å². The zero-order valence-electron chi connectivity index (χ0n) is 20.8. The molecular weight excluding hydrogens is 471 g/mol. The molecule has 0 unspecified atom stereocenters. The van der Waals surface area contributed by atoms with Gasteiger partial charge in [0.25, 0.3) is 5.56 Å². The van der Waals surface area contributed by atoms with Crippen molar-refractivity contribution in [2.45, 2.75) is 25.8 Å². The molecule has 0 amide bonds. The van der Waals surface area contributed by atoms with Gasteiger partial charge in [0, 0.05) is 55.0 Å². The summed E-state index contributed by atoms with van der Waals surface area (Å²) >= 11 is 0. The van der Waals surface area contributed by atoms with Gasteiger partial charge in [0.2, 0.25) is 0 Å². The minimum atomic E-state index is -0.488. The van der Waals surface area contributed by atoms with E-state index < -0.39 is 11.4 Å². The number of nitrogens with one attached hydrogen (secondary N) is 1. The van der Waals surface area contributed by atoms with Crippen molar-refractivity contribution in [2.24, 2.45) is 5.41 Å². The van der Waals surface area contributed by atoms with Crippen LogP contribution in [0.3, 0.4) is 0 Å². The van der Waals surface area contributed by atoms with Crippen LogP contribution in [0.25, 0.3) is 28.0 Å². The van der Waals surface area contributed by atoms with Crippen molar-refractivity contribution in [2.75, 3.05) is 44.3 Å². The summed E-state index contributed by atoms with van der Waals surface area (Å²) in [7, 11) is 0. The summed E-state index contributed by atoms with van der Waals surface area (Å²) in [6.45, 7) is 8.13. The Bertz CT molecular complexity index is 1500. The predicted molar refractivity (Wildman–Crippen MR) is 140 cm³/mol. The number of piperidine rings is 1. The fraction of sp³-hybridized carbons (Fsp3) is 0.393. The van der Waals surface area contributed by atoms with E-state index in [0.29, 0.717) is 33.7 Å². The number of hydrogen-bond acceptors (Lipinski definition) is 6. The minimum Gasteiger partial charge on any atom is -0.380 e. The number of likely N-dealkylation sites (tertiary alicyclic amines) is 1. The Kier molecular flexibility index (Phi) is 5.19. The van der Waals surface area contributed by atoms with E-state index in [1.807, 2.05) is 12.1 Å². The van der Waals surface area contributed by atoms with E-state index >= 15 is 0 Å². The Morgan fingerprint density at radius 3 is 2.51 bits per heavy atom. The molecule has 37 heavy (non-hydrogen) atoms. The van der Waals surface area contributed by atoms with Crippen LogP contribution in [0.1, 0.15) is 18.4 Å². The van der Waals surface area contributed by atoms with E-state index in [-0.39, 0.29) is 5.69 Å². The fourth-order valence-corrected chi connectivity index (χ4v) is 6.10. The van der Waals surface area contributed by atoms with Crippen molar-refractivity contribution in [3.8, 4) is 16.9 Å². The van der Waals surface area contributed by atoms with E-state index in [2.05, 4.69) is 37.2 Å². The van der Waals surface area contributed by atoms with Crippen molar-refractivity contribution < 1.29 is 9.13 Å². The lowest BCUT2D eigenvalue weighted by Gasteiger charge is -2.58. The van der Waals surface area contributed by atoms with Crippen LogP contribution in [0.2, 0.25) is 0 Å². The van der Waals surface area contributed by atoms with Gasteiger partial charge in [-0.05, 0) is 43.5 Å². The van der Waals surface area contributed by atoms with Crippen LogP contribution in [0.4, 0.5) is 10.1 Å². The Morgan fingerprint density at radius 2 is 1.84 bits per heavy atom. The normalized spacial score (nSPS) is 19.8. The van der Waals surface area contributed by atoms with E-state index in [1.54, 1.807) is 19.1 Å². The van der Waals surface area contributed by atoms with Gasteiger partial charge in [0.15, 0.2) is 0 Å². The van der Waals surface area contributed by atoms with Crippen molar-refractivity contribution in [3.63, 3.8) is 0 Å². The van der Waals surface area contributed by atoms with Crippen LogP contribution in [0, 0.1) is 18.2 Å². The number of aromatic nitrogens is 4. The highest BCUT2D eigenvalue weighted by atomic mass is 19.1. The van der Waals surface area contributed by atoms with Gasteiger partial charge in [0.05, 0.1) is 18.7 Å². The molecule has 7 rings (SSSR count). The molecule has 1 spiro atoms. The summed E-state index contributed by atoms with van der Waals surface area (Å²) in [6, 6.07) is 15.1. The first kappa shape index (κ1) is 22.6. The predicted octanol–water partition coefficient (Wildman–Crippen LogP) is 3.52. The zero-order valence-corrected chi connectivity index (χ0v) is 20.8. The van der Waals surface area contributed by atoms with Crippen molar-refractivity contribution in [1.29, 1.82) is 0 Å². The molecule has 0 aliphatic carbocycles. The standard InChI is InChI=1S/C28H29FN6O2/c1-18-3-2-4-22(29)27(18)35-24(36)13-23-26(32-35)25(31-30-23)19-5-7-20(8-6-19)33-11-9-21(10-12-33)34-14-28(15-34)16-37-17-28/h2-8,13,21,30H,9-12,14-17H2,1H3. The molecule has 2 aromatic heterocycles. The minimum absolute atomic E-state index is 0.162. The van der Waals surface area contributed by atoms with Gasteiger partial charge in [0.1, 0.15) is 22.7 Å². The lowest BCUT2D eigenvalue weighted by molar-refractivity contribution is -0.199. The van der Waals surface area contributed by atoms with Gasteiger partial charge in [-0.3, -0.25) is 14.8 Å². The maximum Gasteiger partial charge on any atom is 0.273 e. The zero-order chi connectivity index (χ0) is 25.1. The third-order valence-electron chi connectivity index (χ3n) is 8.22. The maximum atomic E-state index is 14.6. The van der Waals surface area contributed by atoms with Crippen LogP contribution in [-0.4, -0.2) is 70.3 Å². The molecule has 3 aliphatic rings. The smallest absolute Gasteiger partial charge is 0.273 e. The molecule has 9 heteroatoms. The molecule has 0 radical (unpaired) electrons. The summed E-state index contributed by atoms with van der Waals surface area (Å²) in [5, 5.41) is 11.9. The summed E-state index contributed by atoms with van der Waals surface area (Å²) in [6.07, 6.45) is 2.36. The van der Waals surface area contributed by atoms with Crippen LogP contribution in [0.15, 0.2) is 53.3 Å². The molecule has 2 aromatic carbocycles. The van der Waals surface area contributed by atoms with Gasteiger partial charge in [-0.1, -0.05) is 24.3 Å². The molecule has 0 atom stereocenters. The first-order valence-corrected chi connectivity index (χ1v) is 12.9. The summed E-state index contributed by atoms with van der Waals surface area (Å²) in [4.78, 5) is 17.8. The number of fused-ring (bicyclic) bond motifs is 1. The van der Waals surface area contributed by atoms with Crippen LogP contribution < -0.4 is 10.5 Å². The van der Waals surface area contributed by atoms with Crippen LogP contribution >= 0.6 is 0 Å². The first-order valence-electron chi connectivity index (χ1n) is 12.9. The van der Waals surface area contributed by atoms with Crippen molar-refractivity contribution >= 4 is 16.7 Å². The molecule has 8 nitrogen and oxygen atoms in total. The number of aryl methyl sites for hydroxylation is 1. The van der Waals surface area contributed by atoms with Crippen LogP contribution in [0.5, 0.6) is 0 Å². The van der Waals surface area contributed by atoms with Gasteiger partial charge >= 0.3 is 0 Å². The number of hydrogen-bond donors (Lipinski definition) is 1. The highest BCUT2D eigenvalue weighted by molar-refractivity contribution is 5.89. The Balaban J connectivity index is 1.10. The number of benzene rings is 2. The molecule has 3 saturated heterocycles. The molecule has 4 aromatic rings. The quantitative estimate of drug-likeness (QED) is 0.462. The number of rotatable bonds is 4. The summed E-state index contributed by atoms with van der Waals surface area (Å²) in [5.41, 5.74) is 4.63. The highest BCUT2D eigenvalue weighted by Crippen LogP contribution is 2.40. The van der Waals surface area contributed by atoms with E-state index in [1.165, 1.54) is 43.8 Å². The number of anilines is 1. The average molecular weight is 501 g/mol. The topological polar surface area (TPSA) is 79.3 Å². The number of ether oxygens (including phenoxy) is 1. The number of aromatic amines is 1. The molecule has 0 bridgehead atoms. The Hall–Kier alpha value is -3.56. The molecule has 190 valence electrons. The van der Waals surface area contributed by atoms with E-state index in [9.17, 15) is 9.18 Å². The third-order valence-corrected chi connectivity index (χ3v) is 8.22. The van der Waals surface area contributed by atoms with Gasteiger partial charge < -0.3 is 9.64 Å². The first-order chi connectivity index (χ1) is 18.0. The van der Waals surface area contributed by atoms with Crippen LogP contribution in [-0.2, 0) is 4.74 Å². The second kappa shape index (κ2) is 8.49. The van der Waals surface area contributed by atoms with Crippen molar-refractivity contribution in [1.82, 2.24) is 24.9 Å². The highest BCUT2D eigenvalue weighted by Gasteiger charge is 2.50. The summed E-state index contributed by atoms with van der Waals surface area (Å²) < 4.78 is 21.1. The molecular formula is C28H29FN6O2. The lowest BCUT2D eigenvalue weighted by Crippen LogP contribution is -2.68. The number of halogens is 1. The largest absolute Gasteiger partial charge is 0.380 e. The Morgan fingerprint density at radius 1 is 1.08 bits per heavy atom. The SMILES string of the molecule is Cc1cccc(F)c1-n1nc2c(-c3ccc(N4CCC(N5CC6(COC6)C5)CC4)cc3)n[nH]c2cc1=O. The molecule has 3 aliphatic heterocycles. The van der Waals surface area contributed by atoms with Gasteiger partial charge in [-0.25, -0.2) is 4.39 Å². The second-order valence-corrected chi connectivity index (χ2v) is 10.8. The number of nitrogens with zero attached hydrogens (tertiary/aromatic N) is 5. The molecule has 1 N–H and O–H groups in total. The third kappa shape index (κ3) is 3.76. The van der Waals surface area contributed by atoms with Crippen molar-refractivity contribution in [3.05, 3.63) is 70.3 Å². The molecule has 3 fully saturated rings. The maximum absolute atomic E-state index is 14.6. The average Bonchev–Trinajstić information content (AvgIpc) is 3.25. The molecule has 5 heterocycles. The summed E-state index contributed by atoms with van der Waals surface area (Å²) in [5.74, 6) is -0.488. The number of para-hydroxylation sites is 1. The Labute approximate surface area is 213 Å². The fourth-order valence-electron chi connectivity index (χ4n) is 6.10. The van der Waals surface area contributed by atoms with E-state index in [4.69, 9.17) is 4.74 Å².